The van der Waals surface area contributed by atoms with Crippen molar-refractivity contribution in [2.24, 2.45) is 0 Å². The van der Waals surface area contributed by atoms with Crippen molar-refractivity contribution in [1.29, 1.82) is 0 Å². The molecule has 0 atom stereocenters. The summed E-state index contributed by atoms with van der Waals surface area (Å²) in [5.41, 5.74) is 1.01. The van der Waals surface area contributed by atoms with E-state index in [2.05, 4.69) is 25.1 Å². The SMILES string of the molecule is CN(C)C(=O)CCOC(=O)Nc1nc2cc(-c3cncc(S(=O)(=O)NC(C)(C)C)c3)ccn2n1. The number of carbonyl (C=O) groups excluding carboxylic acids is 2. The van der Waals surface area contributed by atoms with Gasteiger partial charge in [-0.05, 0) is 44.5 Å². The molecule has 0 bridgehead atoms. The van der Waals surface area contributed by atoms with Crippen LogP contribution in [0.3, 0.4) is 0 Å². The topological polar surface area (TPSA) is 148 Å². The van der Waals surface area contributed by atoms with Gasteiger partial charge in [-0.15, -0.1) is 5.10 Å². The average Bonchev–Trinajstić information content (AvgIpc) is 3.13. The van der Waals surface area contributed by atoms with Crippen LogP contribution in [0, 0.1) is 0 Å². The molecule has 0 unspecified atom stereocenters. The lowest BCUT2D eigenvalue weighted by molar-refractivity contribution is -0.129. The maximum absolute atomic E-state index is 12.6. The molecule has 3 heterocycles. The maximum atomic E-state index is 12.6. The third-order valence-corrected chi connectivity index (χ3v) is 6.12. The van der Waals surface area contributed by atoms with E-state index in [1.807, 2.05) is 0 Å². The highest BCUT2D eigenvalue weighted by molar-refractivity contribution is 7.89. The zero-order valence-electron chi connectivity index (χ0n) is 19.6. The fourth-order valence-electron chi connectivity index (χ4n) is 2.88. The first kappa shape index (κ1) is 25.1. The first-order valence-corrected chi connectivity index (χ1v) is 11.8. The molecule has 2 N–H and O–H groups in total. The van der Waals surface area contributed by atoms with Crippen LogP contribution in [0.15, 0.2) is 41.7 Å². The van der Waals surface area contributed by atoms with Gasteiger partial charge in [0.1, 0.15) is 11.5 Å². The number of carbonyl (C=O) groups is 2. The van der Waals surface area contributed by atoms with E-state index in [0.717, 1.165) is 0 Å². The van der Waals surface area contributed by atoms with Gasteiger partial charge in [-0.3, -0.25) is 15.1 Å². The number of pyridine rings is 2. The van der Waals surface area contributed by atoms with E-state index < -0.39 is 21.7 Å². The molecule has 2 amide bonds. The molecule has 0 saturated carbocycles. The van der Waals surface area contributed by atoms with E-state index >= 15 is 0 Å². The number of nitrogens with one attached hydrogen (secondary N) is 2. The first-order chi connectivity index (χ1) is 15.8. The molecule has 3 aromatic heterocycles. The van der Waals surface area contributed by atoms with Crippen LogP contribution in [0.4, 0.5) is 10.7 Å². The molecule has 0 fully saturated rings. The van der Waals surface area contributed by atoms with Gasteiger partial charge in [-0.2, -0.15) is 4.98 Å². The minimum Gasteiger partial charge on any atom is -0.449 e. The van der Waals surface area contributed by atoms with Crippen LogP contribution in [0.2, 0.25) is 0 Å². The van der Waals surface area contributed by atoms with Crippen LogP contribution < -0.4 is 10.0 Å². The highest BCUT2D eigenvalue weighted by Gasteiger charge is 2.22. The molecular weight excluding hydrogens is 462 g/mol. The number of anilines is 1. The van der Waals surface area contributed by atoms with Gasteiger partial charge < -0.3 is 9.64 Å². The zero-order valence-corrected chi connectivity index (χ0v) is 20.4. The molecule has 0 spiro atoms. The van der Waals surface area contributed by atoms with Crippen LogP contribution in [-0.4, -0.2) is 71.1 Å². The van der Waals surface area contributed by atoms with Crippen molar-refractivity contribution in [3.05, 3.63) is 36.8 Å². The van der Waals surface area contributed by atoms with E-state index in [0.29, 0.717) is 16.8 Å². The average molecular weight is 490 g/mol. The minimum atomic E-state index is -3.75. The van der Waals surface area contributed by atoms with Gasteiger partial charge in [0, 0.05) is 43.8 Å². The standard InChI is InChI=1S/C21H27N7O5S/c1-21(2,3)26-34(31,32)16-10-15(12-22-13-16)14-6-8-28-17(11-14)23-19(25-28)24-20(30)33-9-7-18(29)27(4)5/h6,8,10-13,26H,7,9H2,1-5H3,(H,24,25,30). The van der Waals surface area contributed by atoms with Crippen molar-refractivity contribution in [3.8, 4) is 11.1 Å². The van der Waals surface area contributed by atoms with E-state index in [9.17, 15) is 18.0 Å². The molecule has 0 aliphatic carbocycles. The van der Waals surface area contributed by atoms with Crippen molar-refractivity contribution in [2.45, 2.75) is 37.6 Å². The van der Waals surface area contributed by atoms with Gasteiger partial charge >= 0.3 is 6.09 Å². The Balaban J connectivity index is 1.74. The fraction of sp³-hybridized carbons (Fsp3) is 0.381. The third kappa shape index (κ3) is 6.48. The Morgan fingerprint density at radius 2 is 1.88 bits per heavy atom. The Bertz CT molecular complexity index is 1310. The molecule has 0 aliphatic heterocycles. The lowest BCUT2D eigenvalue weighted by Gasteiger charge is -2.20. The van der Waals surface area contributed by atoms with Crippen molar-refractivity contribution < 1.29 is 22.7 Å². The third-order valence-electron chi connectivity index (χ3n) is 4.40. The largest absolute Gasteiger partial charge is 0.449 e. The Kier molecular flexibility index (Phi) is 7.17. The second kappa shape index (κ2) is 9.73. The van der Waals surface area contributed by atoms with E-state index in [1.165, 1.54) is 21.7 Å². The van der Waals surface area contributed by atoms with E-state index in [1.54, 1.807) is 59.4 Å². The number of ether oxygens (including phenoxy) is 1. The zero-order chi connectivity index (χ0) is 25.1. The second-order valence-corrected chi connectivity index (χ2v) is 10.4. The van der Waals surface area contributed by atoms with Crippen molar-refractivity contribution in [2.75, 3.05) is 26.0 Å². The van der Waals surface area contributed by atoms with Gasteiger partial charge in [0.25, 0.3) is 5.95 Å². The van der Waals surface area contributed by atoms with Gasteiger partial charge in [0.2, 0.25) is 15.9 Å². The Labute approximate surface area is 197 Å². The molecule has 3 rings (SSSR count). The molecule has 12 nitrogen and oxygen atoms in total. The normalized spacial score (nSPS) is 11.9. The summed E-state index contributed by atoms with van der Waals surface area (Å²) in [6, 6.07) is 4.93. The molecule has 0 aliphatic rings. The van der Waals surface area contributed by atoms with Gasteiger partial charge in [-0.1, -0.05) is 0 Å². The van der Waals surface area contributed by atoms with Crippen LogP contribution in [0.25, 0.3) is 16.8 Å². The number of sulfonamides is 1. The summed E-state index contributed by atoms with van der Waals surface area (Å²) in [5.74, 6) is -0.142. The van der Waals surface area contributed by atoms with Gasteiger partial charge in [-0.25, -0.2) is 22.4 Å². The molecule has 13 heteroatoms. The first-order valence-electron chi connectivity index (χ1n) is 10.3. The molecule has 0 radical (unpaired) electrons. The predicted octanol–water partition coefficient (Wildman–Crippen LogP) is 1.89. The van der Waals surface area contributed by atoms with Crippen LogP contribution >= 0.6 is 0 Å². The summed E-state index contributed by atoms with van der Waals surface area (Å²) >= 11 is 0. The van der Waals surface area contributed by atoms with Crippen LogP contribution in [0.5, 0.6) is 0 Å². The minimum absolute atomic E-state index is 0.0184. The van der Waals surface area contributed by atoms with Crippen molar-refractivity contribution >= 4 is 33.6 Å². The summed E-state index contributed by atoms with van der Waals surface area (Å²) < 4.78 is 34.3. The highest BCUT2D eigenvalue weighted by atomic mass is 32.2. The smallest absolute Gasteiger partial charge is 0.414 e. The maximum Gasteiger partial charge on any atom is 0.414 e. The number of nitrogens with zero attached hydrogens (tertiary/aromatic N) is 5. The molecular formula is C21H27N7O5S. The second-order valence-electron chi connectivity index (χ2n) is 8.72. The molecule has 34 heavy (non-hydrogen) atoms. The summed E-state index contributed by atoms with van der Waals surface area (Å²) in [6.45, 7) is 5.19. The number of hydrogen-bond donors (Lipinski definition) is 2. The number of amides is 2. The number of rotatable bonds is 7. The van der Waals surface area contributed by atoms with Crippen LogP contribution in [0.1, 0.15) is 27.2 Å². The highest BCUT2D eigenvalue weighted by Crippen LogP contribution is 2.23. The Hall–Kier alpha value is -3.58. The monoisotopic (exact) mass is 489 g/mol. The van der Waals surface area contributed by atoms with Crippen molar-refractivity contribution in [3.63, 3.8) is 0 Å². The fourth-order valence-corrected chi connectivity index (χ4v) is 4.29. The molecule has 0 saturated heterocycles. The Morgan fingerprint density at radius 3 is 2.56 bits per heavy atom. The molecule has 3 aromatic rings. The lowest BCUT2D eigenvalue weighted by Crippen LogP contribution is -2.40. The number of fused-ring (bicyclic) bond motifs is 1. The number of hydrogen-bond acceptors (Lipinski definition) is 8. The summed E-state index contributed by atoms with van der Waals surface area (Å²) in [6.07, 6.45) is 3.74. The van der Waals surface area contributed by atoms with Crippen LogP contribution in [-0.2, 0) is 19.6 Å². The summed E-state index contributed by atoms with van der Waals surface area (Å²) in [4.78, 5) is 33.2. The van der Waals surface area contributed by atoms with E-state index in [4.69, 9.17) is 4.74 Å². The molecule has 0 aromatic carbocycles. The Morgan fingerprint density at radius 1 is 1.15 bits per heavy atom. The summed E-state index contributed by atoms with van der Waals surface area (Å²) in [5, 5.41) is 6.57. The van der Waals surface area contributed by atoms with Gasteiger partial charge in [0.05, 0.1) is 6.42 Å². The predicted molar refractivity (Wildman–Crippen MR) is 125 cm³/mol. The van der Waals surface area contributed by atoms with E-state index in [-0.39, 0.29) is 29.8 Å². The summed E-state index contributed by atoms with van der Waals surface area (Å²) in [7, 11) is -0.516. The van der Waals surface area contributed by atoms with Crippen molar-refractivity contribution in [1.82, 2.24) is 29.2 Å². The van der Waals surface area contributed by atoms with Gasteiger partial charge in [0.15, 0.2) is 5.65 Å². The lowest BCUT2D eigenvalue weighted by atomic mass is 10.1. The number of aromatic nitrogens is 4. The quantitative estimate of drug-likeness (QED) is 0.511. The molecule has 182 valence electrons.